The molecule has 0 saturated carbocycles. The fourth-order valence-electron chi connectivity index (χ4n) is 2.56. The van der Waals surface area contributed by atoms with Gasteiger partial charge in [0.25, 0.3) is 11.8 Å². The molecule has 1 aliphatic heterocycles. The summed E-state index contributed by atoms with van der Waals surface area (Å²) in [6.07, 6.45) is 0.193. The summed E-state index contributed by atoms with van der Waals surface area (Å²) in [6, 6.07) is 13.6. The molecule has 0 atom stereocenters. The molecule has 2 aromatic rings. The third kappa shape index (κ3) is 3.67. The number of nitrogens with one attached hydrogen (secondary N) is 1. The van der Waals surface area contributed by atoms with Crippen LogP contribution in [0.5, 0.6) is 0 Å². The van der Waals surface area contributed by atoms with Gasteiger partial charge in [0.1, 0.15) is 0 Å². The van der Waals surface area contributed by atoms with E-state index in [1.165, 1.54) is 0 Å². The largest absolute Gasteiger partial charge is 0.399 e. The Morgan fingerprint density at radius 2 is 1.72 bits per heavy atom. The fraction of sp³-hybridized carbons (Fsp3) is 0.167. The first kappa shape index (κ1) is 16.7. The van der Waals surface area contributed by atoms with Crippen molar-refractivity contribution in [1.82, 2.24) is 10.4 Å². The summed E-state index contributed by atoms with van der Waals surface area (Å²) in [5, 5.41) is 3.40. The van der Waals surface area contributed by atoms with Crippen LogP contribution in [0.1, 0.15) is 26.3 Å². The first-order chi connectivity index (χ1) is 12.1. The van der Waals surface area contributed by atoms with Crippen LogP contribution >= 0.6 is 0 Å². The first-order valence-electron chi connectivity index (χ1n) is 7.78. The van der Waals surface area contributed by atoms with Crippen molar-refractivity contribution in [3.05, 3.63) is 65.2 Å². The molecule has 3 amide bonds. The Hall–Kier alpha value is -3.19. The summed E-state index contributed by atoms with van der Waals surface area (Å²) in [5.74, 6) is -1.19. The zero-order valence-corrected chi connectivity index (χ0v) is 13.4. The zero-order chi connectivity index (χ0) is 17.8. The summed E-state index contributed by atoms with van der Waals surface area (Å²) in [4.78, 5) is 41.3. The van der Waals surface area contributed by atoms with E-state index >= 15 is 0 Å². The van der Waals surface area contributed by atoms with Gasteiger partial charge in [-0.3, -0.25) is 19.2 Å². The van der Waals surface area contributed by atoms with Crippen LogP contribution in [0.2, 0.25) is 0 Å². The van der Waals surface area contributed by atoms with E-state index < -0.39 is 11.8 Å². The quantitative estimate of drug-likeness (QED) is 0.467. The van der Waals surface area contributed by atoms with Gasteiger partial charge < -0.3 is 11.1 Å². The number of hydrogen-bond acceptors (Lipinski definition) is 5. The van der Waals surface area contributed by atoms with Gasteiger partial charge in [0.2, 0.25) is 5.91 Å². The lowest BCUT2D eigenvalue weighted by Crippen LogP contribution is -2.35. The Labute approximate surface area is 144 Å². The van der Waals surface area contributed by atoms with Crippen LogP contribution in [0.15, 0.2) is 48.5 Å². The number of benzene rings is 2. The van der Waals surface area contributed by atoms with E-state index in [9.17, 15) is 14.4 Å². The van der Waals surface area contributed by atoms with Crippen LogP contribution in [0, 0.1) is 0 Å². The molecular formula is C18H17N3O4. The van der Waals surface area contributed by atoms with Crippen molar-refractivity contribution >= 4 is 23.4 Å². The minimum absolute atomic E-state index is 0.00807. The molecule has 0 unspecified atom stereocenters. The van der Waals surface area contributed by atoms with Crippen molar-refractivity contribution in [2.75, 3.05) is 18.9 Å². The molecule has 25 heavy (non-hydrogen) atoms. The second-order valence-electron chi connectivity index (χ2n) is 5.56. The minimum Gasteiger partial charge on any atom is -0.399 e. The lowest BCUT2D eigenvalue weighted by molar-refractivity contribution is -0.122. The number of carbonyl (C=O) groups excluding carboxylic acids is 3. The molecule has 0 fully saturated rings. The molecule has 7 nitrogen and oxygen atoms in total. The Morgan fingerprint density at radius 3 is 2.36 bits per heavy atom. The first-order valence-corrected chi connectivity index (χ1v) is 7.78. The lowest BCUT2D eigenvalue weighted by Gasteiger charge is -2.13. The third-order valence-electron chi connectivity index (χ3n) is 3.72. The normalized spacial score (nSPS) is 13.0. The van der Waals surface area contributed by atoms with Gasteiger partial charge in [-0.15, -0.1) is 5.06 Å². The summed E-state index contributed by atoms with van der Waals surface area (Å²) in [6.45, 7) is 0.183. The van der Waals surface area contributed by atoms with Gasteiger partial charge in [-0.05, 0) is 29.8 Å². The lowest BCUT2D eigenvalue weighted by atomic mass is 10.1. The Kier molecular flexibility index (Phi) is 4.76. The van der Waals surface area contributed by atoms with Crippen LogP contribution in [-0.2, 0) is 16.1 Å². The highest BCUT2D eigenvalue weighted by atomic mass is 16.7. The molecular weight excluding hydrogens is 322 g/mol. The van der Waals surface area contributed by atoms with Gasteiger partial charge in [-0.25, -0.2) is 0 Å². The van der Waals surface area contributed by atoms with Crippen molar-refractivity contribution in [3.8, 4) is 0 Å². The number of nitrogens with zero attached hydrogens (tertiary/aromatic N) is 1. The monoisotopic (exact) mass is 339 g/mol. The minimum atomic E-state index is -0.494. The molecule has 0 radical (unpaired) electrons. The number of fused-ring (bicyclic) bond motifs is 1. The van der Waals surface area contributed by atoms with E-state index in [0.29, 0.717) is 16.8 Å². The van der Waals surface area contributed by atoms with Crippen LogP contribution < -0.4 is 11.1 Å². The summed E-state index contributed by atoms with van der Waals surface area (Å²) in [5.41, 5.74) is 7.70. The molecule has 3 rings (SSSR count). The molecule has 0 aromatic heterocycles. The number of imide groups is 1. The highest BCUT2D eigenvalue weighted by Gasteiger charge is 2.36. The third-order valence-corrected chi connectivity index (χ3v) is 3.72. The number of hydroxylamine groups is 2. The molecule has 0 saturated heterocycles. The number of rotatable bonds is 6. The van der Waals surface area contributed by atoms with Crippen molar-refractivity contribution in [3.63, 3.8) is 0 Å². The molecule has 3 N–H and O–H groups in total. The van der Waals surface area contributed by atoms with Crippen molar-refractivity contribution in [2.24, 2.45) is 0 Å². The maximum atomic E-state index is 12.1. The average Bonchev–Trinajstić information content (AvgIpc) is 2.84. The van der Waals surface area contributed by atoms with Gasteiger partial charge >= 0.3 is 0 Å². The molecule has 128 valence electrons. The van der Waals surface area contributed by atoms with E-state index in [-0.39, 0.29) is 25.5 Å². The van der Waals surface area contributed by atoms with Gasteiger partial charge in [0, 0.05) is 12.2 Å². The maximum Gasteiger partial charge on any atom is 0.285 e. The molecule has 0 aliphatic carbocycles. The predicted molar refractivity (Wildman–Crippen MR) is 90.5 cm³/mol. The summed E-state index contributed by atoms with van der Waals surface area (Å²) < 4.78 is 0. The van der Waals surface area contributed by atoms with E-state index in [2.05, 4.69) is 5.32 Å². The highest BCUT2D eigenvalue weighted by molar-refractivity contribution is 6.20. The van der Waals surface area contributed by atoms with Gasteiger partial charge in [-0.1, -0.05) is 24.3 Å². The predicted octanol–water partition coefficient (Wildman–Crippen LogP) is 1.16. The van der Waals surface area contributed by atoms with E-state index in [4.69, 9.17) is 10.6 Å². The molecule has 1 aliphatic rings. The van der Waals surface area contributed by atoms with Crippen LogP contribution in [0.4, 0.5) is 5.69 Å². The van der Waals surface area contributed by atoms with Gasteiger partial charge in [0.15, 0.2) is 0 Å². The zero-order valence-electron chi connectivity index (χ0n) is 13.4. The summed E-state index contributed by atoms with van der Waals surface area (Å²) >= 11 is 0. The van der Waals surface area contributed by atoms with Crippen LogP contribution in [-0.4, -0.2) is 35.9 Å². The van der Waals surface area contributed by atoms with Crippen molar-refractivity contribution < 1.29 is 19.2 Å². The average molecular weight is 339 g/mol. The fourth-order valence-corrected chi connectivity index (χ4v) is 2.56. The molecule has 1 heterocycles. The number of nitrogens with two attached hydrogens (primary N) is 1. The number of carbonyl (C=O) groups is 3. The number of hydrogen-bond donors (Lipinski definition) is 2. The molecule has 7 heteroatoms. The number of anilines is 1. The van der Waals surface area contributed by atoms with Crippen LogP contribution in [0.25, 0.3) is 0 Å². The van der Waals surface area contributed by atoms with Crippen molar-refractivity contribution in [2.45, 2.75) is 6.42 Å². The maximum absolute atomic E-state index is 12.1. The summed E-state index contributed by atoms with van der Waals surface area (Å²) in [7, 11) is 0. The molecule has 0 bridgehead atoms. The van der Waals surface area contributed by atoms with Gasteiger partial charge in [-0.2, -0.15) is 0 Å². The number of nitrogen functional groups attached to an aromatic ring is 1. The van der Waals surface area contributed by atoms with Crippen LogP contribution in [0.3, 0.4) is 0 Å². The van der Waals surface area contributed by atoms with E-state index in [1.807, 2.05) is 6.07 Å². The number of amides is 3. The Morgan fingerprint density at radius 1 is 1.04 bits per heavy atom. The van der Waals surface area contributed by atoms with Gasteiger partial charge in [0.05, 0.1) is 24.2 Å². The van der Waals surface area contributed by atoms with E-state index in [1.54, 1.807) is 42.5 Å². The standard InChI is InChI=1S/C18H17N3O4/c19-13-5-3-4-12(10-13)11-16(22)20-8-9-25-21-17(23)14-6-1-2-7-15(14)18(21)24/h1-7,10H,8-9,11,19H2,(H,20,22). The second kappa shape index (κ2) is 7.14. The SMILES string of the molecule is Nc1cccc(CC(=O)NCCON2C(=O)c3ccccc3C2=O)c1. The van der Waals surface area contributed by atoms with E-state index in [0.717, 1.165) is 10.6 Å². The molecule has 2 aromatic carbocycles. The molecule has 0 spiro atoms. The smallest absolute Gasteiger partial charge is 0.285 e. The topological polar surface area (TPSA) is 102 Å². The van der Waals surface area contributed by atoms with Crippen molar-refractivity contribution in [1.29, 1.82) is 0 Å². The highest BCUT2D eigenvalue weighted by Crippen LogP contribution is 2.22. The Bertz CT molecular complexity index is 800. The second-order valence-corrected chi connectivity index (χ2v) is 5.56. The Balaban J connectivity index is 1.45.